The third-order valence-corrected chi connectivity index (χ3v) is 4.47. The number of ether oxygens (including phenoxy) is 2. The maximum absolute atomic E-state index is 6.02. The Labute approximate surface area is 127 Å². The molecule has 118 valence electrons. The van der Waals surface area contributed by atoms with Crippen molar-refractivity contribution in [2.24, 2.45) is 0 Å². The molecule has 0 saturated carbocycles. The fourth-order valence-corrected chi connectivity index (χ4v) is 3.41. The molecule has 0 spiro atoms. The Hall–Kier alpha value is -0.910. The van der Waals surface area contributed by atoms with Crippen LogP contribution in [0.25, 0.3) is 0 Å². The van der Waals surface area contributed by atoms with Gasteiger partial charge in [-0.3, -0.25) is 4.68 Å². The Morgan fingerprint density at radius 2 is 2.14 bits per heavy atom. The van der Waals surface area contributed by atoms with Gasteiger partial charge in [-0.05, 0) is 45.6 Å². The average molecular weight is 293 g/mol. The lowest BCUT2D eigenvalue weighted by molar-refractivity contribution is 0.0867. The number of hydrogen-bond acceptors (Lipinski definition) is 4. The highest BCUT2D eigenvalue weighted by atomic mass is 16.5. The minimum Gasteiger partial charge on any atom is -0.381 e. The van der Waals surface area contributed by atoms with E-state index in [1.807, 2.05) is 6.20 Å². The largest absolute Gasteiger partial charge is 0.381 e. The van der Waals surface area contributed by atoms with E-state index in [1.54, 1.807) is 0 Å². The van der Waals surface area contributed by atoms with Crippen LogP contribution in [0.5, 0.6) is 0 Å². The van der Waals surface area contributed by atoms with Gasteiger partial charge in [0.05, 0.1) is 5.69 Å². The van der Waals surface area contributed by atoms with Crippen LogP contribution in [0.1, 0.15) is 57.4 Å². The highest BCUT2D eigenvalue weighted by Crippen LogP contribution is 2.31. The Kier molecular flexibility index (Phi) is 4.93. The predicted octanol–water partition coefficient (Wildman–Crippen LogP) is 2.45. The summed E-state index contributed by atoms with van der Waals surface area (Å²) < 4.78 is 13.7. The van der Waals surface area contributed by atoms with E-state index in [0.29, 0.717) is 18.1 Å². The second-order valence-electron chi connectivity index (χ2n) is 6.39. The molecule has 0 aromatic carbocycles. The lowest BCUT2D eigenvalue weighted by Gasteiger charge is -2.26. The van der Waals surface area contributed by atoms with Crippen molar-refractivity contribution in [2.75, 3.05) is 19.8 Å². The van der Waals surface area contributed by atoms with Crippen molar-refractivity contribution in [2.45, 2.75) is 63.8 Å². The minimum atomic E-state index is 0.124. The van der Waals surface area contributed by atoms with Crippen LogP contribution in [0.4, 0.5) is 0 Å². The summed E-state index contributed by atoms with van der Waals surface area (Å²) in [6.07, 6.45) is 6.54. The van der Waals surface area contributed by atoms with Crippen LogP contribution in [0.15, 0.2) is 12.3 Å². The van der Waals surface area contributed by atoms with Crippen LogP contribution in [0.3, 0.4) is 0 Å². The van der Waals surface area contributed by atoms with Gasteiger partial charge < -0.3 is 14.8 Å². The molecule has 0 radical (unpaired) electrons. The second kappa shape index (κ2) is 6.90. The lowest BCUT2D eigenvalue weighted by Crippen LogP contribution is -2.40. The van der Waals surface area contributed by atoms with E-state index in [-0.39, 0.29) is 6.10 Å². The molecule has 3 heterocycles. The molecule has 2 saturated heterocycles. The van der Waals surface area contributed by atoms with E-state index in [9.17, 15) is 0 Å². The summed E-state index contributed by atoms with van der Waals surface area (Å²) >= 11 is 0. The molecule has 5 nitrogen and oxygen atoms in total. The van der Waals surface area contributed by atoms with Crippen molar-refractivity contribution < 1.29 is 9.47 Å². The predicted molar refractivity (Wildman–Crippen MR) is 81.3 cm³/mol. The molecular weight excluding hydrogens is 266 g/mol. The fourth-order valence-electron chi connectivity index (χ4n) is 3.41. The molecular formula is C16H27N3O2. The molecule has 3 atom stereocenters. The quantitative estimate of drug-likeness (QED) is 0.926. The average Bonchev–Trinajstić information content (AvgIpc) is 3.03. The summed E-state index contributed by atoms with van der Waals surface area (Å²) in [7, 11) is 0. The molecule has 2 aliphatic rings. The van der Waals surface area contributed by atoms with Gasteiger partial charge >= 0.3 is 0 Å². The Morgan fingerprint density at radius 3 is 3.00 bits per heavy atom. The van der Waals surface area contributed by atoms with Crippen molar-refractivity contribution in [3.63, 3.8) is 0 Å². The van der Waals surface area contributed by atoms with Crippen molar-refractivity contribution in [1.29, 1.82) is 0 Å². The van der Waals surface area contributed by atoms with Gasteiger partial charge in [-0.15, -0.1) is 0 Å². The fraction of sp³-hybridized carbons (Fsp3) is 0.812. The van der Waals surface area contributed by atoms with Gasteiger partial charge in [0, 0.05) is 44.1 Å². The SMILES string of the molecule is CC(C)n1nccc1[C@H]1OCC[C@@H]1N[C@H]1CCCOCC1. The summed E-state index contributed by atoms with van der Waals surface area (Å²) in [5.41, 5.74) is 1.20. The van der Waals surface area contributed by atoms with E-state index < -0.39 is 0 Å². The highest BCUT2D eigenvalue weighted by molar-refractivity contribution is 5.11. The van der Waals surface area contributed by atoms with Gasteiger partial charge in [0.2, 0.25) is 0 Å². The standard InChI is InChI=1S/C16H27N3O2/c1-12(2)19-15(5-8-17-19)16-14(7-11-21-16)18-13-4-3-9-20-10-6-13/h5,8,12-14,16,18H,3-4,6-7,9-11H2,1-2H3/t13-,14-,16-/m0/s1. The first-order chi connectivity index (χ1) is 10.3. The molecule has 1 aromatic heterocycles. The number of nitrogens with one attached hydrogen (secondary N) is 1. The molecule has 0 amide bonds. The van der Waals surface area contributed by atoms with Crippen molar-refractivity contribution in [3.8, 4) is 0 Å². The van der Waals surface area contributed by atoms with E-state index in [1.165, 1.54) is 12.1 Å². The normalized spacial score (nSPS) is 30.7. The maximum Gasteiger partial charge on any atom is 0.114 e. The van der Waals surface area contributed by atoms with Gasteiger partial charge in [0.25, 0.3) is 0 Å². The zero-order valence-corrected chi connectivity index (χ0v) is 13.1. The highest BCUT2D eigenvalue weighted by Gasteiger charge is 2.33. The van der Waals surface area contributed by atoms with Gasteiger partial charge in [-0.1, -0.05) is 0 Å². The molecule has 1 N–H and O–H groups in total. The number of hydrogen-bond donors (Lipinski definition) is 1. The second-order valence-corrected chi connectivity index (χ2v) is 6.39. The zero-order chi connectivity index (χ0) is 14.7. The van der Waals surface area contributed by atoms with Gasteiger partial charge in [0.1, 0.15) is 6.10 Å². The third kappa shape index (κ3) is 3.47. The lowest BCUT2D eigenvalue weighted by atomic mass is 10.0. The first kappa shape index (κ1) is 15.0. The van der Waals surface area contributed by atoms with Crippen LogP contribution in [0, 0.1) is 0 Å². The summed E-state index contributed by atoms with van der Waals surface area (Å²) in [6, 6.07) is 3.41. The molecule has 2 fully saturated rings. The number of nitrogens with zero attached hydrogens (tertiary/aromatic N) is 2. The number of rotatable bonds is 4. The first-order valence-electron chi connectivity index (χ1n) is 8.24. The van der Waals surface area contributed by atoms with E-state index in [4.69, 9.17) is 9.47 Å². The summed E-state index contributed by atoms with van der Waals surface area (Å²) in [6.45, 7) is 6.94. The zero-order valence-electron chi connectivity index (χ0n) is 13.1. The summed E-state index contributed by atoms with van der Waals surface area (Å²) in [5.74, 6) is 0. The van der Waals surface area contributed by atoms with Crippen LogP contribution in [0.2, 0.25) is 0 Å². The monoisotopic (exact) mass is 293 g/mol. The minimum absolute atomic E-state index is 0.124. The van der Waals surface area contributed by atoms with Crippen molar-refractivity contribution in [3.05, 3.63) is 18.0 Å². The van der Waals surface area contributed by atoms with Crippen LogP contribution in [-0.2, 0) is 9.47 Å². The van der Waals surface area contributed by atoms with Crippen LogP contribution in [-0.4, -0.2) is 41.7 Å². The molecule has 2 aliphatic heterocycles. The summed E-state index contributed by atoms with van der Waals surface area (Å²) in [4.78, 5) is 0. The molecule has 5 heteroatoms. The third-order valence-electron chi connectivity index (χ3n) is 4.47. The van der Waals surface area contributed by atoms with Crippen LogP contribution >= 0.6 is 0 Å². The molecule has 21 heavy (non-hydrogen) atoms. The molecule has 1 aromatic rings. The molecule has 0 unspecified atom stereocenters. The smallest absolute Gasteiger partial charge is 0.114 e. The van der Waals surface area contributed by atoms with Crippen LogP contribution < -0.4 is 5.32 Å². The Morgan fingerprint density at radius 1 is 1.24 bits per heavy atom. The maximum atomic E-state index is 6.02. The molecule has 0 bridgehead atoms. The van der Waals surface area contributed by atoms with Gasteiger partial charge in [0.15, 0.2) is 0 Å². The van der Waals surface area contributed by atoms with Crippen molar-refractivity contribution in [1.82, 2.24) is 15.1 Å². The van der Waals surface area contributed by atoms with E-state index in [2.05, 4.69) is 35.0 Å². The summed E-state index contributed by atoms with van der Waals surface area (Å²) in [5, 5.41) is 8.26. The number of aromatic nitrogens is 2. The van der Waals surface area contributed by atoms with Gasteiger partial charge in [-0.2, -0.15) is 5.10 Å². The first-order valence-corrected chi connectivity index (χ1v) is 8.24. The Balaban J connectivity index is 1.68. The van der Waals surface area contributed by atoms with E-state index in [0.717, 1.165) is 39.1 Å². The van der Waals surface area contributed by atoms with E-state index >= 15 is 0 Å². The topological polar surface area (TPSA) is 48.3 Å². The molecule has 3 rings (SSSR count). The molecule has 0 aliphatic carbocycles. The Bertz CT molecular complexity index is 438. The van der Waals surface area contributed by atoms with Gasteiger partial charge in [-0.25, -0.2) is 0 Å². The van der Waals surface area contributed by atoms with Crippen molar-refractivity contribution >= 4 is 0 Å².